The van der Waals surface area contributed by atoms with Gasteiger partial charge in [0.2, 0.25) is 0 Å². The first kappa shape index (κ1) is 16.0. The van der Waals surface area contributed by atoms with Gasteiger partial charge in [0, 0.05) is 39.3 Å². The standard InChI is InChI=1S/C15H23BrN4O2/c1-19-15(21)14(16)13(8-17-19)18-12-2-5-20(6-3-12)9-11-4-7-22-10-11/h8,11-12,18H,2-7,9-10H2,1H3. The number of hydrogen-bond donors (Lipinski definition) is 1. The molecule has 1 atom stereocenters. The molecule has 2 saturated heterocycles. The number of nitrogens with one attached hydrogen (secondary N) is 1. The first-order valence-electron chi connectivity index (χ1n) is 7.92. The lowest BCUT2D eigenvalue weighted by atomic mass is 10.0. The van der Waals surface area contributed by atoms with Gasteiger partial charge < -0.3 is 15.0 Å². The number of aryl methyl sites for hydroxylation is 1. The van der Waals surface area contributed by atoms with Gasteiger partial charge in [-0.25, -0.2) is 4.68 Å². The van der Waals surface area contributed by atoms with E-state index in [-0.39, 0.29) is 5.56 Å². The lowest BCUT2D eigenvalue weighted by Crippen LogP contribution is -2.41. The Kier molecular flexibility index (Phi) is 5.15. The van der Waals surface area contributed by atoms with E-state index >= 15 is 0 Å². The van der Waals surface area contributed by atoms with Gasteiger partial charge >= 0.3 is 0 Å². The van der Waals surface area contributed by atoms with Gasteiger partial charge in [-0.2, -0.15) is 5.10 Å². The third-order valence-corrected chi connectivity index (χ3v) is 5.33. The molecule has 0 saturated carbocycles. The second-order valence-electron chi connectivity index (χ2n) is 6.25. The van der Waals surface area contributed by atoms with E-state index in [1.165, 1.54) is 11.1 Å². The monoisotopic (exact) mass is 370 g/mol. The van der Waals surface area contributed by atoms with Crippen LogP contribution in [0.3, 0.4) is 0 Å². The smallest absolute Gasteiger partial charge is 0.282 e. The average Bonchev–Trinajstić information content (AvgIpc) is 3.03. The fourth-order valence-corrected chi connectivity index (χ4v) is 3.66. The Morgan fingerprint density at radius 1 is 1.41 bits per heavy atom. The van der Waals surface area contributed by atoms with E-state index in [0.717, 1.165) is 51.4 Å². The lowest BCUT2D eigenvalue weighted by molar-refractivity contribution is 0.154. The molecule has 6 nitrogen and oxygen atoms in total. The molecule has 1 unspecified atom stereocenters. The van der Waals surface area contributed by atoms with Crippen LogP contribution >= 0.6 is 15.9 Å². The lowest BCUT2D eigenvalue weighted by Gasteiger charge is -2.34. The summed E-state index contributed by atoms with van der Waals surface area (Å²) in [6.07, 6.45) is 5.10. The van der Waals surface area contributed by atoms with Crippen LogP contribution in [0, 0.1) is 5.92 Å². The Balaban J connectivity index is 1.51. The summed E-state index contributed by atoms with van der Waals surface area (Å²) in [7, 11) is 1.65. The molecule has 1 aromatic rings. The summed E-state index contributed by atoms with van der Waals surface area (Å²) in [5, 5.41) is 7.53. The Bertz CT molecular complexity index is 563. The molecule has 7 heteroatoms. The van der Waals surface area contributed by atoms with Crippen LogP contribution in [0.5, 0.6) is 0 Å². The van der Waals surface area contributed by atoms with Gasteiger partial charge in [-0.3, -0.25) is 4.79 Å². The molecule has 0 amide bonds. The summed E-state index contributed by atoms with van der Waals surface area (Å²) in [6.45, 7) is 5.20. The highest BCUT2D eigenvalue weighted by Crippen LogP contribution is 2.22. The molecule has 3 heterocycles. The predicted octanol–water partition coefficient (Wildman–Crippen LogP) is 1.46. The molecule has 22 heavy (non-hydrogen) atoms. The van der Waals surface area contributed by atoms with Crippen LogP contribution in [0.25, 0.3) is 0 Å². The van der Waals surface area contributed by atoms with E-state index in [2.05, 4.69) is 31.2 Å². The van der Waals surface area contributed by atoms with E-state index in [1.54, 1.807) is 13.2 Å². The third kappa shape index (κ3) is 3.70. The number of nitrogens with zero attached hydrogens (tertiary/aromatic N) is 3. The van der Waals surface area contributed by atoms with Gasteiger partial charge in [0.05, 0.1) is 18.5 Å². The zero-order chi connectivity index (χ0) is 15.5. The van der Waals surface area contributed by atoms with Crippen molar-refractivity contribution in [1.29, 1.82) is 0 Å². The van der Waals surface area contributed by atoms with Crippen molar-refractivity contribution in [1.82, 2.24) is 14.7 Å². The minimum absolute atomic E-state index is 0.108. The Morgan fingerprint density at radius 3 is 2.86 bits per heavy atom. The van der Waals surface area contributed by atoms with Crippen LogP contribution in [0.4, 0.5) is 5.69 Å². The predicted molar refractivity (Wildman–Crippen MR) is 89.2 cm³/mol. The van der Waals surface area contributed by atoms with E-state index in [1.807, 2.05) is 0 Å². The van der Waals surface area contributed by atoms with Gasteiger partial charge in [0.25, 0.3) is 5.56 Å². The zero-order valence-corrected chi connectivity index (χ0v) is 14.5. The number of halogens is 1. The van der Waals surface area contributed by atoms with E-state index in [0.29, 0.717) is 16.4 Å². The summed E-state index contributed by atoms with van der Waals surface area (Å²) in [6, 6.07) is 0.404. The van der Waals surface area contributed by atoms with Crippen molar-refractivity contribution in [3.63, 3.8) is 0 Å². The molecule has 2 fully saturated rings. The maximum absolute atomic E-state index is 11.9. The highest BCUT2D eigenvalue weighted by molar-refractivity contribution is 9.10. The number of rotatable bonds is 4. The second-order valence-corrected chi connectivity index (χ2v) is 7.04. The molecule has 0 spiro atoms. The number of hydrogen-bond acceptors (Lipinski definition) is 5. The van der Waals surface area contributed by atoms with Gasteiger partial charge in [-0.1, -0.05) is 0 Å². The fourth-order valence-electron chi connectivity index (χ4n) is 3.18. The van der Waals surface area contributed by atoms with Gasteiger partial charge in [-0.15, -0.1) is 0 Å². The second kappa shape index (κ2) is 7.10. The number of piperidine rings is 1. The van der Waals surface area contributed by atoms with Crippen molar-refractivity contribution in [3.8, 4) is 0 Å². The number of likely N-dealkylation sites (tertiary alicyclic amines) is 1. The largest absolute Gasteiger partial charge is 0.381 e. The average molecular weight is 371 g/mol. The zero-order valence-electron chi connectivity index (χ0n) is 12.9. The van der Waals surface area contributed by atoms with Gasteiger partial charge in [0.15, 0.2) is 0 Å². The number of ether oxygens (including phenoxy) is 1. The molecule has 0 radical (unpaired) electrons. The fraction of sp³-hybridized carbons (Fsp3) is 0.733. The van der Waals surface area contributed by atoms with Crippen LogP contribution in [-0.2, 0) is 11.8 Å². The number of aromatic nitrogens is 2. The van der Waals surface area contributed by atoms with Crippen LogP contribution in [0.2, 0.25) is 0 Å². The molecule has 0 aromatic carbocycles. The molecule has 0 bridgehead atoms. The van der Waals surface area contributed by atoms with Crippen molar-refractivity contribution in [2.24, 2.45) is 13.0 Å². The Labute approximate surface area is 139 Å². The van der Waals surface area contributed by atoms with Crippen molar-refractivity contribution >= 4 is 21.6 Å². The van der Waals surface area contributed by atoms with Crippen LogP contribution in [0.15, 0.2) is 15.5 Å². The molecule has 3 rings (SSSR count). The molecule has 2 aliphatic heterocycles. The summed E-state index contributed by atoms with van der Waals surface area (Å²) in [5.41, 5.74) is 0.689. The third-order valence-electron chi connectivity index (χ3n) is 4.57. The highest BCUT2D eigenvalue weighted by atomic mass is 79.9. The van der Waals surface area contributed by atoms with Crippen molar-refractivity contribution in [2.75, 3.05) is 38.2 Å². The highest BCUT2D eigenvalue weighted by Gasteiger charge is 2.24. The first-order valence-corrected chi connectivity index (χ1v) is 8.71. The molecule has 0 aliphatic carbocycles. The van der Waals surface area contributed by atoms with E-state index in [4.69, 9.17) is 4.74 Å². The SMILES string of the molecule is Cn1ncc(NC2CCN(CC3CCOC3)CC2)c(Br)c1=O. The topological polar surface area (TPSA) is 59.4 Å². The minimum Gasteiger partial charge on any atom is -0.381 e. The molecule has 1 N–H and O–H groups in total. The van der Waals surface area contributed by atoms with E-state index in [9.17, 15) is 4.79 Å². The normalized spacial score (nSPS) is 23.8. The summed E-state index contributed by atoms with van der Waals surface area (Å²) in [4.78, 5) is 14.4. The van der Waals surface area contributed by atoms with Crippen molar-refractivity contribution in [2.45, 2.75) is 25.3 Å². The van der Waals surface area contributed by atoms with Gasteiger partial charge in [-0.05, 0) is 41.1 Å². The number of anilines is 1. The van der Waals surface area contributed by atoms with Crippen LogP contribution in [0.1, 0.15) is 19.3 Å². The maximum Gasteiger partial charge on any atom is 0.282 e. The van der Waals surface area contributed by atoms with Crippen molar-refractivity contribution < 1.29 is 4.74 Å². The Hall–Kier alpha value is -0.920. The molecule has 1 aromatic heterocycles. The summed E-state index contributed by atoms with van der Waals surface area (Å²) in [5.74, 6) is 0.708. The molecule has 122 valence electrons. The summed E-state index contributed by atoms with van der Waals surface area (Å²) < 4.78 is 7.35. The van der Waals surface area contributed by atoms with E-state index < -0.39 is 0 Å². The molecule has 2 aliphatic rings. The summed E-state index contributed by atoms with van der Waals surface area (Å²) >= 11 is 3.37. The Morgan fingerprint density at radius 2 is 2.18 bits per heavy atom. The van der Waals surface area contributed by atoms with Crippen LogP contribution in [-0.4, -0.2) is 53.6 Å². The molecular formula is C15H23BrN4O2. The van der Waals surface area contributed by atoms with Crippen LogP contribution < -0.4 is 10.9 Å². The van der Waals surface area contributed by atoms with Gasteiger partial charge in [0.1, 0.15) is 4.47 Å². The molecular weight excluding hydrogens is 348 g/mol. The quantitative estimate of drug-likeness (QED) is 0.869. The minimum atomic E-state index is -0.108. The maximum atomic E-state index is 11.9. The van der Waals surface area contributed by atoms with Crippen molar-refractivity contribution in [3.05, 3.63) is 21.0 Å². The first-order chi connectivity index (χ1) is 10.6.